The molecule has 0 bridgehead atoms. The van der Waals surface area contributed by atoms with Crippen LogP contribution in [0.5, 0.6) is 0 Å². The van der Waals surface area contributed by atoms with Crippen LogP contribution >= 0.6 is 0 Å². The molecule has 8 heteroatoms. The predicted octanol–water partition coefficient (Wildman–Crippen LogP) is 3.89. The number of furan rings is 1. The molecule has 0 aliphatic heterocycles. The van der Waals surface area contributed by atoms with Gasteiger partial charge in [-0.3, -0.25) is 4.79 Å². The average molecular weight is 389 g/mol. The van der Waals surface area contributed by atoms with Gasteiger partial charge in [0.1, 0.15) is 5.60 Å². The Morgan fingerprint density at radius 2 is 1.96 bits per heavy atom. The minimum Gasteiger partial charge on any atom is -0.461 e. The lowest BCUT2D eigenvalue weighted by atomic mass is 9.81. The van der Waals surface area contributed by atoms with Gasteiger partial charge in [0.05, 0.1) is 11.8 Å². The van der Waals surface area contributed by atoms with Crippen molar-refractivity contribution in [1.29, 1.82) is 0 Å². The molecule has 0 radical (unpaired) electrons. The molecule has 2 N–H and O–H groups in total. The first-order valence-corrected chi connectivity index (χ1v) is 9.56. The normalized spacial score (nSPS) is 16.4. The topological polar surface area (TPSA) is 107 Å². The Kier molecular flexibility index (Phi) is 5.76. The Bertz CT molecular complexity index is 798. The zero-order valence-electron chi connectivity index (χ0n) is 16.5. The van der Waals surface area contributed by atoms with E-state index in [2.05, 4.69) is 15.8 Å². The first-order valence-electron chi connectivity index (χ1n) is 9.56. The minimum atomic E-state index is -0.577. The van der Waals surface area contributed by atoms with Crippen LogP contribution in [0.15, 0.2) is 33.4 Å². The molecule has 1 aliphatic carbocycles. The van der Waals surface area contributed by atoms with Gasteiger partial charge >= 0.3 is 6.09 Å². The van der Waals surface area contributed by atoms with Crippen molar-refractivity contribution in [1.82, 2.24) is 15.8 Å². The third kappa shape index (κ3) is 5.15. The second-order valence-electron chi connectivity index (χ2n) is 8.20. The fourth-order valence-corrected chi connectivity index (χ4v) is 3.35. The van der Waals surface area contributed by atoms with Gasteiger partial charge in [-0.05, 0) is 45.7 Å². The molecule has 28 heavy (non-hydrogen) atoms. The van der Waals surface area contributed by atoms with Crippen LogP contribution in [0.3, 0.4) is 0 Å². The Morgan fingerprint density at radius 3 is 2.61 bits per heavy atom. The van der Waals surface area contributed by atoms with Crippen LogP contribution in [0.1, 0.15) is 63.4 Å². The van der Waals surface area contributed by atoms with E-state index in [4.69, 9.17) is 13.7 Å². The Morgan fingerprint density at radius 1 is 1.21 bits per heavy atom. The molecule has 3 rings (SSSR count). The highest BCUT2D eigenvalue weighted by molar-refractivity contribution is 5.93. The summed E-state index contributed by atoms with van der Waals surface area (Å²) in [6.07, 6.45) is 5.70. The van der Waals surface area contributed by atoms with Gasteiger partial charge in [-0.1, -0.05) is 24.4 Å². The predicted molar refractivity (Wildman–Crippen MR) is 102 cm³/mol. The van der Waals surface area contributed by atoms with E-state index < -0.39 is 17.2 Å². The van der Waals surface area contributed by atoms with Crippen molar-refractivity contribution in [3.05, 3.63) is 30.2 Å². The van der Waals surface area contributed by atoms with E-state index in [1.165, 1.54) is 12.3 Å². The third-order valence-corrected chi connectivity index (χ3v) is 4.67. The molecule has 152 valence electrons. The van der Waals surface area contributed by atoms with Crippen LogP contribution in [0.25, 0.3) is 11.5 Å². The molecule has 0 saturated heterocycles. The van der Waals surface area contributed by atoms with Crippen molar-refractivity contribution in [3.8, 4) is 11.5 Å². The van der Waals surface area contributed by atoms with E-state index in [-0.39, 0.29) is 11.6 Å². The molecular weight excluding hydrogens is 362 g/mol. The summed E-state index contributed by atoms with van der Waals surface area (Å²) in [7, 11) is 0. The number of carbonyl (C=O) groups excluding carboxylic acids is 2. The summed E-state index contributed by atoms with van der Waals surface area (Å²) in [6.45, 7) is 5.77. The molecule has 0 aromatic carbocycles. The number of rotatable bonds is 5. The van der Waals surface area contributed by atoms with Gasteiger partial charge in [0.2, 0.25) is 5.76 Å². The smallest absolute Gasteiger partial charge is 0.408 e. The summed E-state index contributed by atoms with van der Waals surface area (Å²) in [4.78, 5) is 24.8. The lowest BCUT2D eigenvalue weighted by Gasteiger charge is -2.38. The number of nitrogens with one attached hydrogen (secondary N) is 2. The van der Waals surface area contributed by atoms with Crippen molar-refractivity contribution < 1.29 is 23.3 Å². The maximum absolute atomic E-state index is 12.5. The fraction of sp³-hybridized carbons (Fsp3) is 0.550. The molecule has 1 saturated carbocycles. The van der Waals surface area contributed by atoms with Crippen molar-refractivity contribution >= 4 is 12.0 Å². The van der Waals surface area contributed by atoms with Gasteiger partial charge in [-0.2, -0.15) is 0 Å². The summed E-state index contributed by atoms with van der Waals surface area (Å²) < 4.78 is 15.8. The second kappa shape index (κ2) is 8.08. The largest absolute Gasteiger partial charge is 0.461 e. The zero-order valence-corrected chi connectivity index (χ0v) is 16.5. The number of amides is 2. The SMILES string of the molecule is CC(C)(C)OC(=O)NC1(CNC(=O)c2cc(-c3ccco3)on2)CCCCC1. The van der Waals surface area contributed by atoms with Crippen LogP contribution in [0.2, 0.25) is 0 Å². The number of nitrogens with zero attached hydrogens (tertiary/aromatic N) is 1. The van der Waals surface area contributed by atoms with Crippen molar-refractivity contribution in [3.63, 3.8) is 0 Å². The van der Waals surface area contributed by atoms with E-state index >= 15 is 0 Å². The van der Waals surface area contributed by atoms with Crippen LogP contribution in [0, 0.1) is 0 Å². The fourth-order valence-electron chi connectivity index (χ4n) is 3.35. The van der Waals surface area contributed by atoms with Gasteiger partial charge in [0, 0.05) is 12.6 Å². The maximum atomic E-state index is 12.5. The first-order chi connectivity index (χ1) is 13.3. The minimum absolute atomic E-state index is 0.162. The standard InChI is InChI=1S/C20H27N3O5/c1-19(2,3)27-18(25)22-20(9-5-4-6-10-20)13-21-17(24)14-12-16(28-23-14)15-8-7-11-26-15/h7-8,11-12H,4-6,9-10,13H2,1-3H3,(H,21,24)(H,22,25). The number of aromatic nitrogens is 1. The molecule has 8 nitrogen and oxygen atoms in total. The van der Waals surface area contributed by atoms with Crippen LogP contribution < -0.4 is 10.6 Å². The number of alkyl carbamates (subject to hydrolysis) is 1. The summed E-state index contributed by atoms with van der Waals surface area (Å²) >= 11 is 0. The lowest BCUT2D eigenvalue weighted by Crippen LogP contribution is -2.57. The molecule has 0 spiro atoms. The van der Waals surface area contributed by atoms with E-state index in [0.717, 1.165) is 32.1 Å². The quantitative estimate of drug-likeness (QED) is 0.803. The second-order valence-corrected chi connectivity index (χ2v) is 8.20. The number of hydrogen-bond donors (Lipinski definition) is 2. The van der Waals surface area contributed by atoms with E-state index in [1.807, 2.05) is 20.8 Å². The first kappa shape index (κ1) is 20.0. The molecule has 2 heterocycles. The van der Waals surface area contributed by atoms with E-state index in [9.17, 15) is 9.59 Å². The van der Waals surface area contributed by atoms with Crippen molar-refractivity contribution in [2.24, 2.45) is 0 Å². The van der Waals surface area contributed by atoms with Crippen molar-refractivity contribution in [2.45, 2.75) is 64.0 Å². The summed E-state index contributed by atoms with van der Waals surface area (Å²) in [5.74, 6) is 0.522. The molecule has 2 aromatic heterocycles. The molecule has 0 unspecified atom stereocenters. The maximum Gasteiger partial charge on any atom is 0.408 e. The Balaban J connectivity index is 1.63. The molecular formula is C20H27N3O5. The molecule has 2 aromatic rings. The van der Waals surface area contributed by atoms with Gasteiger partial charge in [0.25, 0.3) is 5.91 Å². The van der Waals surface area contributed by atoms with Gasteiger partial charge in [-0.15, -0.1) is 0 Å². The number of ether oxygens (including phenoxy) is 1. The highest BCUT2D eigenvalue weighted by Crippen LogP contribution is 2.28. The van der Waals surface area contributed by atoms with Crippen LogP contribution in [0.4, 0.5) is 4.79 Å². The third-order valence-electron chi connectivity index (χ3n) is 4.67. The summed E-state index contributed by atoms with van der Waals surface area (Å²) in [5, 5.41) is 9.67. The lowest BCUT2D eigenvalue weighted by molar-refractivity contribution is 0.0419. The van der Waals surface area contributed by atoms with Gasteiger partial charge in [0.15, 0.2) is 11.5 Å². The summed E-state index contributed by atoms with van der Waals surface area (Å²) in [5.41, 5.74) is -0.940. The van der Waals surface area contributed by atoms with E-state index in [1.54, 1.807) is 12.1 Å². The molecule has 0 atom stereocenters. The van der Waals surface area contributed by atoms with Gasteiger partial charge in [-0.25, -0.2) is 4.79 Å². The van der Waals surface area contributed by atoms with Crippen LogP contribution in [-0.2, 0) is 4.74 Å². The van der Waals surface area contributed by atoms with Crippen molar-refractivity contribution in [2.75, 3.05) is 6.54 Å². The monoisotopic (exact) mass is 389 g/mol. The van der Waals surface area contributed by atoms with E-state index in [0.29, 0.717) is 18.1 Å². The number of hydrogen-bond acceptors (Lipinski definition) is 6. The van der Waals surface area contributed by atoms with Crippen LogP contribution in [-0.4, -0.2) is 34.8 Å². The number of carbonyl (C=O) groups is 2. The highest BCUT2D eigenvalue weighted by atomic mass is 16.6. The molecule has 1 aliphatic rings. The summed E-state index contributed by atoms with van der Waals surface area (Å²) in [6, 6.07) is 4.99. The molecule has 2 amide bonds. The van der Waals surface area contributed by atoms with Gasteiger partial charge < -0.3 is 24.3 Å². The highest BCUT2D eigenvalue weighted by Gasteiger charge is 2.35. The Labute approximate surface area is 164 Å². The zero-order chi connectivity index (χ0) is 20.2. The average Bonchev–Trinajstić information content (AvgIpc) is 3.30. The molecule has 1 fully saturated rings. The Hall–Kier alpha value is -2.77.